The van der Waals surface area contributed by atoms with Gasteiger partial charge in [0.2, 0.25) is 0 Å². The topological polar surface area (TPSA) is 78.9 Å². The van der Waals surface area contributed by atoms with Crippen LogP contribution in [0.15, 0.2) is 60.8 Å². The van der Waals surface area contributed by atoms with E-state index >= 15 is 0 Å². The van der Waals surface area contributed by atoms with Gasteiger partial charge in [-0.15, -0.1) is 0 Å². The first-order chi connectivity index (χ1) is 25.5. The maximum atomic E-state index is 12.6. The van der Waals surface area contributed by atoms with Crippen LogP contribution < -0.4 is 0 Å². The van der Waals surface area contributed by atoms with E-state index in [0.717, 1.165) is 96.3 Å². The van der Waals surface area contributed by atoms with E-state index in [-0.39, 0.29) is 37.5 Å². The van der Waals surface area contributed by atoms with E-state index in [1.54, 1.807) is 0 Å². The minimum atomic E-state index is -0.800. The van der Waals surface area contributed by atoms with E-state index in [0.29, 0.717) is 19.3 Å². The minimum absolute atomic E-state index is 0.0983. The molecule has 6 heteroatoms. The normalized spacial score (nSPS) is 12.6. The lowest BCUT2D eigenvalue weighted by Gasteiger charge is -2.18. The molecule has 6 nitrogen and oxygen atoms in total. The zero-order valence-corrected chi connectivity index (χ0v) is 33.8. The van der Waals surface area contributed by atoms with E-state index in [1.807, 2.05) is 0 Å². The van der Waals surface area contributed by atoms with Crippen molar-refractivity contribution in [2.45, 2.75) is 200 Å². The van der Waals surface area contributed by atoms with Crippen molar-refractivity contribution in [3.63, 3.8) is 0 Å². The second-order valence-electron chi connectivity index (χ2n) is 13.8. The summed E-state index contributed by atoms with van der Waals surface area (Å²) in [6.45, 7) is 6.32. The van der Waals surface area contributed by atoms with E-state index < -0.39 is 6.10 Å². The van der Waals surface area contributed by atoms with Crippen LogP contribution in [0.1, 0.15) is 194 Å². The molecule has 0 aromatic rings. The summed E-state index contributed by atoms with van der Waals surface area (Å²) in [4.78, 5) is 37.6. The van der Waals surface area contributed by atoms with Crippen LogP contribution in [-0.4, -0.2) is 37.2 Å². The fourth-order valence-corrected chi connectivity index (χ4v) is 5.62. The highest BCUT2D eigenvalue weighted by Crippen LogP contribution is 2.13. The lowest BCUT2D eigenvalue weighted by atomic mass is 10.1. The molecule has 0 rings (SSSR count). The van der Waals surface area contributed by atoms with Crippen molar-refractivity contribution in [2.75, 3.05) is 13.2 Å². The molecule has 0 N–H and O–H groups in total. The van der Waals surface area contributed by atoms with Gasteiger partial charge in [0.15, 0.2) is 6.10 Å². The van der Waals surface area contributed by atoms with E-state index in [1.165, 1.54) is 51.4 Å². The van der Waals surface area contributed by atoms with Crippen molar-refractivity contribution in [2.24, 2.45) is 0 Å². The van der Waals surface area contributed by atoms with Gasteiger partial charge >= 0.3 is 17.9 Å². The van der Waals surface area contributed by atoms with Gasteiger partial charge in [0.25, 0.3) is 0 Å². The highest BCUT2D eigenvalue weighted by atomic mass is 16.6. The fraction of sp³-hybridized carbons (Fsp3) is 0.717. The van der Waals surface area contributed by atoms with Crippen molar-refractivity contribution in [1.82, 2.24) is 0 Å². The highest BCUT2D eigenvalue weighted by Gasteiger charge is 2.19. The van der Waals surface area contributed by atoms with E-state index in [4.69, 9.17) is 14.2 Å². The quantitative estimate of drug-likeness (QED) is 0.0274. The highest BCUT2D eigenvalue weighted by molar-refractivity contribution is 5.71. The number of allylic oxidation sites excluding steroid dienone is 10. The van der Waals surface area contributed by atoms with Gasteiger partial charge in [-0.25, -0.2) is 0 Å². The SMILES string of the molecule is CC/C=C\C/C=C\C/C=C\CCCC(=O)OC(COC(=O)CCCCCCC/C=C\C/C=C\CC)COC(=O)CCCCCCCCCCCCC. The molecule has 52 heavy (non-hydrogen) atoms. The van der Waals surface area contributed by atoms with Gasteiger partial charge in [0, 0.05) is 19.3 Å². The molecule has 298 valence electrons. The number of esters is 3. The molecule has 0 aromatic heterocycles. The largest absolute Gasteiger partial charge is 0.462 e. The van der Waals surface area contributed by atoms with Crippen LogP contribution in [0.4, 0.5) is 0 Å². The Bertz CT molecular complexity index is 975. The molecule has 0 aliphatic carbocycles. The molecule has 1 atom stereocenters. The van der Waals surface area contributed by atoms with Gasteiger partial charge in [0.05, 0.1) is 0 Å². The Morgan fingerprint density at radius 2 is 0.769 bits per heavy atom. The minimum Gasteiger partial charge on any atom is -0.462 e. The molecule has 1 unspecified atom stereocenters. The van der Waals surface area contributed by atoms with Crippen molar-refractivity contribution in [1.29, 1.82) is 0 Å². The smallest absolute Gasteiger partial charge is 0.306 e. The lowest BCUT2D eigenvalue weighted by molar-refractivity contribution is -0.167. The monoisotopic (exact) mass is 727 g/mol. The van der Waals surface area contributed by atoms with Crippen LogP contribution >= 0.6 is 0 Å². The molecule has 0 aliphatic rings. The summed E-state index contributed by atoms with van der Waals surface area (Å²) >= 11 is 0. The Labute approximate surface area is 320 Å². The Hall–Kier alpha value is -2.89. The summed E-state index contributed by atoms with van der Waals surface area (Å²) in [6, 6.07) is 0. The van der Waals surface area contributed by atoms with Gasteiger partial charge in [-0.1, -0.05) is 165 Å². The predicted molar refractivity (Wildman–Crippen MR) is 219 cm³/mol. The molecular weight excluding hydrogens is 648 g/mol. The number of rotatable bonds is 37. The molecule has 0 bridgehead atoms. The van der Waals surface area contributed by atoms with Gasteiger partial charge in [-0.2, -0.15) is 0 Å². The third-order valence-corrected chi connectivity index (χ3v) is 8.77. The number of carbonyl (C=O) groups excluding carboxylic acids is 3. The second kappa shape index (κ2) is 40.9. The molecule has 0 fully saturated rings. The van der Waals surface area contributed by atoms with Gasteiger partial charge in [0.1, 0.15) is 13.2 Å². The Morgan fingerprint density at radius 3 is 1.23 bits per heavy atom. The van der Waals surface area contributed by atoms with Crippen molar-refractivity contribution in [3.05, 3.63) is 60.8 Å². The first kappa shape index (κ1) is 49.1. The number of hydrogen-bond acceptors (Lipinski definition) is 6. The molecule has 0 aliphatic heterocycles. The number of ether oxygens (including phenoxy) is 3. The summed E-state index contributed by atoms with van der Waals surface area (Å²) in [5.74, 6) is -0.976. The standard InChI is InChI=1S/C46H78O6/c1-4-7-10-13-16-19-22-25-27-30-33-36-39-45(48)51-42-43(52-46(49)40-37-34-31-28-24-21-18-15-12-9-6-3)41-50-44(47)38-35-32-29-26-23-20-17-14-11-8-5-2/h7,9-10,12,16,18-19,21,28,31,43H,4-6,8,11,13-15,17,20,22-27,29-30,32-42H2,1-3H3/b10-7-,12-9-,19-16-,21-18-,31-28-. The Kier molecular flexibility index (Phi) is 38.6. The second-order valence-corrected chi connectivity index (χ2v) is 13.8. The summed E-state index contributed by atoms with van der Waals surface area (Å²) in [7, 11) is 0. The van der Waals surface area contributed by atoms with E-state index in [2.05, 4.69) is 81.5 Å². The number of unbranched alkanes of at least 4 members (excludes halogenated alkanes) is 16. The Balaban J connectivity index is 4.46. The summed E-state index contributed by atoms with van der Waals surface area (Å²) < 4.78 is 16.6. The third-order valence-electron chi connectivity index (χ3n) is 8.77. The number of carbonyl (C=O) groups is 3. The zero-order valence-electron chi connectivity index (χ0n) is 33.8. The molecule has 0 saturated heterocycles. The van der Waals surface area contributed by atoms with E-state index in [9.17, 15) is 14.4 Å². The molecule has 0 aromatic carbocycles. The van der Waals surface area contributed by atoms with Crippen molar-refractivity contribution < 1.29 is 28.6 Å². The first-order valence-electron chi connectivity index (χ1n) is 21.3. The van der Waals surface area contributed by atoms with Crippen LogP contribution in [0.3, 0.4) is 0 Å². The maximum absolute atomic E-state index is 12.6. The summed E-state index contributed by atoms with van der Waals surface area (Å²) in [6.07, 6.45) is 47.8. The van der Waals surface area contributed by atoms with Crippen LogP contribution in [-0.2, 0) is 28.6 Å². The molecule has 0 spiro atoms. The maximum Gasteiger partial charge on any atom is 0.306 e. The van der Waals surface area contributed by atoms with Crippen LogP contribution in [0.5, 0.6) is 0 Å². The fourth-order valence-electron chi connectivity index (χ4n) is 5.62. The first-order valence-corrected chi connectivity index (χ1v) is 21.3. The molecule has 0 saturated carbocycles. The predicted octanol–water partition coefficient (Wildman–Crippen LogP) is 13.4. The van der Waals surface area contributed by atoms with Crippen molar-refractivity contribution in [3.8, 4) is 0 Å². The Morgan fingerprint density at radius 1 is 0.404 bits per heavy atom. The molecule has 0 radical (unpaired) electrons. The molecule has 0 amide bonds. The average Bonchev–Trinajstić information content (AvgIpc) is 3.14. The van der Waals surface area contributed by atoms with Crippen LogP contribution in [0.2, 0.25) is 0 Å². The van der Waals surface area contributed by atoms with Gasteiger partial charge < -0.3 is 14.2 Å². The summed E-state index contributed by atoms with van der Waals surface area (Å²) in [5.41, 5.74) is 0. The van der Waals surface area contributed by atoms with Crippen LogP contribution in [0.25, 0.3) is 0 Å². The van der Waals surface area contributed by atoms with Crippen LogP contribution in [0, 0.1) is 0 Å². The average molecular weight is 727 g/mol. The zero-order chi connectivity index (χ0) is 38.0. The third kappa shape index (κ3) is 38.3. The van der Waals surface area contributed by atoms with Gasteiger partial charge in [-0.05, 0) is 70.6 Å². The molecular formula is C46H78O6. The number of hydrogen-bond donors (Lipinski definition) is 0. The lowest BCUT2D eigenvalue weighted by Crippen LogP contribution is -2.30. The molecule has 0 heterocycles. The summed E-state index contributed by atoms with van der Waals surface area (Å²) in [5, 5.41) is 0. The van der Waals surface area contributed by atoms with Crippen molar-refractivity contribution >= 4 is 17.9 Å². The van der Waals surface area contributed by atoms with Gasteiger partial charge in [-0.3, -0.25) is 14.4 Å².